The van der Waals surface area contributed by atoms with E-state index >= 15 is 0 Å². The van der Waals surface area contributed by atoms with Crippen LogP contribution >= 0.6 is 0 Å². The first-order valence-corrected chi connectivity index (χ1v) is 4.87. The van der Waals surface area contributed by atoms with Crippen LogP contribution in [-0.4, -0.2) is 26.1 Å². The summed E-state index contributed by atoms with van der Waals surface area (Å²) in [5.74, 6) is 0.772. The van der Waals surface area contributed by atoms with Crippen molar-refractivity contribution in [3.05, 3.63) is 29.8 Å². The lowest BCUT2D eigenvalue weighted by molar-refractivity contribution is 0.0791. The number of ketones is 1. The summed E-state index contributed by atoms with van der Waals surface area (Å²) < 4.78 is 10.1. The van der Waals surface area contributed by atoms with E-state index in [2.05, 4.69) is 0 Å². The van der Waals surface area contributed by atoms with E-state index in [0.717, 1.165) is 0 Å². The smallest absolute Gasteiger partial charge is 0.165 e. The van der Waals surface area contributed by atoms with Crippen LogP contribution in [-0.2, 0) is 4.74 Å². The standard InChI is InChI=1S/C12H16O3/c1-9(14-2)7-12(13)10-5-4-6-11(8-10)15-3/h4-6,8-9H,7H2,1-3H3. The van der Waals surface area contributed by atoms with Gasteiger partial charge in [-0.25, -0.2) is 0 Å². The lowest BCUT2D eigenvalue weighted by Gasteiger charge is -2.08. The Kier molecular flexibility index (Phi) is 4.31. The van der Waals surface area contributed by atoms with E-state index in [4.69, 9.17) is 9.47 Å². The van der Waals surface area contributed by atoms with Crippen LogP contribution < -0.4 is 4.74 Å². The van der Waals surface area contributed by atoms with Crippen molar-refractivity contribution < 1.29 is 14.3 Å². The van der Waals surface area contributed by atoms with Crippen LogP contribution in [0.3, 0.4) is 0 Å². The number of hydrogen-bond donors (Lipinski definition) is 0. The van der Waals surface area contributed by atoms with Gasteiger partial charge in [-0.1, -0.05) is 12.1 Å². The predicted molar refractivity (Wildman–Crippen MR) is 58.4 cm³/mol. The minimum atomic E-state index is -0.0521. The van der Waals surface area contributed by atoms with Crippen LogP contribution in [0.4, 0.5) is 0 Å². The zero-order valence-corrected chi connectivity index (χ0v) is 9.32. The van der Waals surface area contributed by atoms with Crippen LogP contribution in [0.15, 0.2) is 24.3 Å². The fourth-order valence-corrected chi connectivity index (χ4v) is 1.26. The van der Waals surface area contributed by atoms with Gasteiger partial charge in [0.25, 0.3) is 0 Å². The molecule has 3 heteroatoms. The Hall–Kier alpha value is -1.35. The van der Waals surface area contributed by atoms with Gasteiger partial charge in [0.05, 0.1) is 13.2 Å². The summed E-state index contributed by atoms with van der Waals surface area (Å²) in [5.41, 5.74) is 0.665. The molecule has 1 atom stereocenters. The molecule has 82 valence electrons. The number of Topliss-reactive ketones (excluding diaryl/α,β-unsaturated/α-hetero) is 1. The monoisotopic (exact) mass is 208 g/mol. The third-order valence-corrected chi connectivity index (χ3v) is 2.27. The van der Waals surface area contributed by atoms with E-state index in [9.17, 15) is 4.79 Å². The topological polar surface area (TPSA) is 35.5 Å². The van der Waals surface area contributed by atoms with Gasteiger partial charge in [-0.2, -0.15) is 0 Å². The van der Waals surface area contributed by atoms with Crippen molar-refractivity contribution in [3.8, 4) is 5.75 Å². The second-order valence-electron chi connectivity index (χ2n) is 3.41. The summed E-state index contributed by atoms with van der Waals surface area (Å²) in [4.78, 5) is 11.7. The zero-order valence-electron chi connectivity index (χ0n) is 9.32. The van der Waals surface area contributed by atoms with Gasteiger partial charge in [0.2, 0.25) is 0 Å². The molecule has 0 heterocycles. The highest BCUT2D eigenvalue weighted by atomic mass is 16.5. The summed E-state index contributed by atoms with van der Waals surface area (Å²) in [7, 11) is 3.19. The van der Waals surface area contributed by atoms with Gasteiger partial charge < -0.3 is 9.47 Å². The summed E-state index contributed by atoms with van der Waals surface area (Å²) in [6.45, 7) is 1.87. The first kappa shape index (κ1) is 11.7. The van der Waals surface area contributed by atoms with E-state index in [1.165, 1.54) is 0 Å². The van der Waals surface area contributed by atoms with Gasteiger partial charge in [0.15, 0.2) is 5.78 Å². The van der Waals surface area contributed by atoms with Crippen LogP contribution in [0, 0.1) is 0 Å². The fraction of sp³-hybridized carbons (Fsp3) is 0.417. The van der Waals surface area contributed by atoms with Crippen molar-refractivity contribution in [1.82, 2.24) is 0 Å². The highest BCUT2D eigenvalue weighted by Gasteiger charge is 2.10. The summed E-state index contributed by atoms with van der Waals surface area (Å²) in [5, 5.41) is 0. The second-order valence-corrected chi connectivity index (χ2v) is 3.41. The number of rotatable bonds is 5. The number of ether oxygens (including phenoxy) is 2. The van der Waals surface area contributed by atoms with E-state index < -0.39 is 0 Å². The number of benzene rings is 1. The van der Waals surface area contributed by atoms with Gasteiger partial charge in [-0.3, -0.25) is 4.79 Å². The Balaban J connectivity index is 2.73. The molecule has 0 aliphatic heterocycles. The molecule has 1 aromatic carbocycles. The first-order valence-electron chi connectivity index (χ1n) is 4.87. The molecule has 1 unspecified atom stereocenters. The molecule has 0 radical (unpaired) electrons. The van der Waals surface area contributed by atoms with E-state index in [1.807, 2.05) is 19.1 Å². The maximum absolute atomic E-state index is 11.7. The maximum atomic E-state index is 11.7. The average Bonchev–Trinajstić information content (AvgIpc) is 2.28. The van der Waals surface area contributed by atoms with Crippen molar-refractivity contribution in [2.24, 2.45) is 0 Å². The minimum absolute atomic E-state index is 0.0521. The summed E-state index contributed by atoms with van der Waals surface area (Å²) in [6.07, 6.45) is 0.340. The number of carbonyl (C=O) groups excluding carboxylic acids is 1. The van der Waals surface area contributed by atoms with Gasteiger partial charge in [-0.15, -0.1) is 0 Å². The van der Waals surface area contributed by atoms with Crippen LogP contribution in [0.1, 0.15) is 23.7 Å². The fourth-order valence-electron chi connectivity index (χ4n) is 1.26. The molecule has 0 aliphatic carbocycles. The Morgan fingerprint density at radius 3 is 2.73 bits per heavy atom. The average molecular weight is 208 g/mol. The highest BCUT2D eigenvalue weighted by molar-refractivity contribution is 5.96. The lowest BCUT2D eigenvalue weighted by atomic mass is 10.1. The molecule has 0 aliphatic rings. The van der Waals surface area contributed by atoms with Gasteiger partial charge in [0.1, 0.15) is 5.75 Å². The van der Waals surface area contributed by atoms with E-state index in [1.54, 1.807) is 26.4 Å². The van der Waals surface area contributed by atoms with Crippen LogP contribution in [0.25, 0.3) is 0 Å². The van der Waals surface area contributed by atoms with Crippen molar-refractivity contribution >= 4 is 5.78 Å². The quantitative estimate of drug-likeness (QED) is 0.696. The lowest BCUT2D eigenvalue weighted by Crippen LogP contribution is -2.12. The van der Waals surface area contributed by atoms with Crippen LogP contribution in [0.5, 0.6) is 5.75 Å². The molecule has 1 rings (SSSR count). The predicted octanol–water partition coefficient (Wildman–Crippen LogP) is 2.30. The second kappa shape index (κ2) is 5.51. The molecule has 0 bridgehead atoms. The van der Waals surface area contributed by atoms with Gasteiger partial charge in [0, 0.05) is 19.1 Å². The molecule has 0 N–H and O–H groups in total. The van der Waals surface area contributed by atoms with Crippen molar-refractivity contribution in [3.63, 3.8) is 0 Å². The molecular weight excluding hydrogens is 192 g/mol. The third kappa shape index (κ3) is 3.36. The highest BCUT2D eigenvalue weighted by Crippen LogP contribution is 2.15. The molecule has 0 aromatic heterocycles. The Bertz CT molecular complexity index is 333. The molecule has 0 amide bonds. The number of methoxy groups -OCH3 is 2. The largest absolute Gasteiger partial charge is 0.497 e. The van der Waals surface area contributed by atoms with Gasteiger partial charge in [-0.05, 0) is 19.1 Å². The van der Waals surface area contributed by atoms with Crippen molar-refractivity contribution in [2.75, 3.05) is 14.2 Å². The van der Waals surface area contributed by atoms with E-state index in [0.29, 0.717) is 17.7 Å². The molecule has 0 saturated heterocycles. The molecule has 0 saturated carbocycles. The number of hydrogen-bond acceptors (Lipinski definition) is 3. The third-order valence-electron chi connectivity index (χ3n) is 2.27. The molecular formula is C12H16O3. The maximum Gasteiger partial charge on any atom is 0.165 e. The number of carbonyl (C=O) groups is 1. The van der Waals surface area contributed by atoms with Gasteiger partial charge >= 0.3 is 0 Å². The van der Waals surface area contributed by atoms with Crippen LogP contribution in [0.2, 0.25) is 0 Å². The van der Waals surface area contributed by atoms with E-state index in [-0.39, 0.29) is 11.9 Å². The Morgan fingerprint density at radius 2 is 2.13 bits per heavy atom. The SMILES string of the molecule is COc1cccc(C(=O)CC(C)OC)c1. The van der Waals surface area contributed by atoms with Crippen molar-refractivity contribution in [2.45, 2.75) is 19.4 Å². The zero-order chi connectivity index (χ0) is 11.3. The molecule has 0 spiro atoms. The Labute approximate surface area is 90.0 Å². The Morgan fingerprint density at radius 1 is 1.40 bits per heavy atom. The summed E-state index contributed by atoms with van der Waals surface area (Å²) in [6, 6.07) is 7.15. The summed E-state index contributed by atoms with van der Waals surface area (Å²) >= 11 is 0. The molecule has 3 nitrogen and oxygen atoms in total. The first-order chi connectivity index (χ1) is 7.17. The molecule has 1 aromatic rings. The minimum Gasteiger partial charge on any atom is -0.497 e. The normalized spacial score (nSPS) is 12.2. The van der Waals surface area contributed by atoms with Crippen molar-refractivity contribution in [1.29, 1.82) is 0 Å². The molecule has 0 fully saturated rings. The molecule has 15 heavy (non-hydrogen) atoms.